The maximum Gasteiger partial charge on any atom is 0.343 e. The molecule has 172 valence electrons. The minimum atomic E-state index is -2.45. The number of ether oxygens (including phenoxy) is 1. The van der Waals surface area contributed by atoms with E-state index in [1.165, 1.54) is 6.07 Å². The van der Waals surface area contributed by atoms with Crippen LogP contribution in [-0.4, -0.2) is 42.5 Å². The second-order valence-electron chi connectivity index (χ2n) is 8.91. The number of aromatic nitrogens is 2. The Labute approximate surface area is 190 Å². The molecule has 1 atom stereocenters. The molecule has 33 heavy (non-hydrogen) atoms. The molecule has 0 fully saturated rings. The van der Waals surface area contributed by atoms with Crippen molar-refractivity contribution in [3.8, 4) is 17.1 Å². The number of esters is 1. The first-order chi connectivity index (χ1) is 15.5. The van der Waals surface area contributed by atoms with Crippen LogP contribution < -0.4 is 5.56 Å². The average Bonchev–Trinajstić information content (AvgIpc) is 3.12. The van der Waals surface area contributed by atoms with Gasteiger partial charge in [0.2, 0.25) is 0 Å². The largest absolute Gasteiger partial charge is 0.507 e. The lowest BCUT2D eigenvalue weighted by Gasteiger charge is -2.31. The number of hydrogen-bond acceptors (Lipinski definition) is 7. The minimum Gasteiger partial charge on any atom is -0.507 e. The zero-order valence-electron chi connectivity index (χ0n) is 18.5. The molecule has 0 saturated heterocycles. The van der Waals surface area contributed by atoms with Crippen LogP contribution in [-0.2, 0) is 38.2 Å². The molecule has 0 unspecified atom stereocenters. The van der Waals surface area contributed by atoms with Crippen LogP contribution in [0.5, 0.6) is 5.75 Å². The van der Waals surface area contributed by atoms with Gasteiger partial charge in [-0.2, -0.15) is 0 Å². The molecule has 2 N–H and O–H groups in total. The van der Waals surface area contributed by atoms with Gasteiger partial charge in [0.15, 0.2) is 5.60 Å². The highest BCUT2D eigenvalue weighted by Crippen LogP contribution is 2.39. The summed E-state index contributed by atoms with van der Waals surface area (Å²) < 4.78 is 18.8. The second-order valence-corrected chi connectivity index (χ2v) is 12.1. The number of hydrogen-bond donors (Lipinski definition) is 3. The van der Waals surface area contributed by atoms with Crippen LogP contribution in [0, 0.1) is 0 Å². The molecule has 0 saturated carbocycles. The van der Waals surface area contributed by atoms with Gasteiger partial charge < -0.3 is 19.5 Å². The monoisotopic (exact) mass is 468 g/mol. The van der Waals surface area contributed by atoms with Crippen LogP contribution in [0.15, 0.2) is 34.5 Å². The summed E-state index contributed by atoms with van der Waals surface area (Å²) in [4.78, 5) is 30.3. The van der Waals surface area contributed by atoms with Crippen LogP contribution in [0.1, 0.15) is 35.6 Å². The van der Waals surface area contributed by atoms with Crippen molar-refractivity contribution in [1.82, 2.24) is 9.55 Å². The van der Waals surface area contributed by atoms with E-state index in [1.807, 2.05) is 6.07 Å². The van der Waals surface area contributed by atoms with E-state index < -0.39 is 21.5 Å². The number of carbonyl (C=O) groups is 1. The van der Waals surface area contributed by atoms with Gasteiger partial charge in [0.1, 0.15) is 12.4 Å². The van der Waals surface area contributed by atoms with Crippen molar-refractivity contribution < 1.29 is 24.0 Å². The van der Waals surface area contributed by atoms with Gasteiger partial charge >= 0.3 is 5.97 Å². The van der Waals surface area contributed by atoms with E-state index in [2.05, 4.69) is 0 Å². The molecule has 1 aromatic carbocycles. The molecule has 2 aliphatic heterocycles. The number of phenols is 1. The zero-order chi connectivity index (χ0) is 23.7. The molecule has 2 aliphatic rings. The molecule has 0 spiro atoms. The summed E-state index contributed by atoms with van der Waals surface area (Å²) in [5, 5.41) is 23.7. The molecule has 5 rings (SSSR count). The van der Waals surface area contributed by atoms with Crippen molar-refractivity contribution in [1.29, 1.82) is 0 Å². The average molecular weight is 469 g/mol. The smallest absolute Gasteiger partial charge is 0.343 e. The van der Waals surface area contributed by atoms with Crippen molar-refractivity contribution in [3.63, 3.8) is 0 Å². The Kier molecular flexibility index (Phi) is 4.63. The molecule has 3 aromatic rings. The van der Waals surface area contributed by atoms with Gasteiger partial charge in [0.05, 0.1) is 29.0 Å². The van der Waals surface area contributed by atoms with Crippen LogP contribution in [0.3, 0.4) is 0 Å². The number of carbonyl (C=O) groups excluding carboxylic acids is 1. The quantitative estimate of drug-likeness (QED) is 0.311. The first-order valence-electron chi connectivity index (χ1n) is 10.6. The Bertz CT molecular complexity index is 1500. The second kappa shape index (κ2) is 7.10. The molecule has 0 amide bonds. The van der Waals surface area contributed by atoms with Crippen molar-refractivity contribution in [2.45, 2.75) is 32.1 Å². The van der Waals surface area contributed by atoms with Gasteiger partial charge in [0, 0.05) is 22.1 Å². The number of benzene rings is 1. The van der Waals surface area contributed by atoms with E-state index in [9.17, 15) is 24.0 Å². The predicted molar refractivity (Wildman–Crippen MR) is 127 cm³/mol. The zero-order valence-corrected chi connectivity index (χ0v) is 19.3. The summed E-state index contributed by atoms with van der Waals surface area (Å²) in [6.45, 7) is 1.74. The summed E-state index contributed by atoms with van der Waals surface area (Å²) in [6, 6.07) is 6.74. The Morgan fingerprint density at radius 2 is 2.03 bits per heavy atom. The third-order valence-electron chi connectivity index (χ3n) is 6.31. The van der Waals surface area contributed by atoms with E-state index in [0.717, 1.165) is 5.56 Å². The van der Waals surface area contributed by atoms with Crippen LogP contribution in [0.25, 0.3) is 28.4 Å². The molecule has 2 aromatic heterocycles. The van der Waals surface area contributed by atoms with Crippen LogP contribution in [0.4, 0.5) is 0 Å². The van der Waals surface area contributed by atoms with Gasteiger partial charge in [-0.25, -0.2) is 9.78 Å². The van der Waals surface area contributed by atoms with E-state index in [0.29, 0.717) is 27.9 Å². The molecule has 0 aliphatic carbocycles. The first-order valence-corrected chi connectivity index (χ1v) is 13.3. The number of fused-ring (bicyclic) bond motifs is 5. The van der Waals surface area contributed by atoms with Crippen LogP contribution in [0.2, 0.25) is 0 Å². The van der Waals surface area contributed by atoms with E-state index in [-0.39, 0.29) is 42.0 Å². The van der Waals surface area contributed by atoms with Gasteiger partial charge in [-0.3, -0.25) is 9.00 Å². The Hall–Kier alpha value is -3.30. The topological polar surface area (TPSA) is 119 Å². The number of rotatable bonds is 3. The number of aliphatic hydroxyl groups is 1. The van der Waals surface area contributed by atoms with E-state index in [4.69, 9.17) is 9.72 Å². The lowest BCUT2D eigenvalue weighted by molar-refractivity contribution is -0.172. The Morgan fingerprint density at radius 1 is 1.27 bits per heavy atom. The lowest BCUT2D eigenvalue weighted by atomic mass is 9.86. The van der Waals surface area contributed by atoms with Crippen molar-refractivity contribution in [2.24, 2.45) is 0 Å². The third-order valence-corrected chi connectivity index (χ3v) is 7.18. The van der Waals surface area contributed by atoms with Crippen molar-refractivity contribution in [2.75, 3.05) is 12.5 Å². The fourth-order valence-electron chi connectivity index (χ4n) is 4.49. The molecular formula is C24H24N2O6S. The molecule has 9 heteroatoms. The number of aromatic hydroxyl groups is 1. The Balaban J connectivity index is 1.74. The van der Waals surface area contributed by atoms with E-state index >= 15 is 0 Å². The maximum atomic E-state index is 13.3. The first kappa shape index (κ1) is 21.5. The lowest BCUT2D eigenvalue weighted by Crippen LogP contribution is -2.44. The number of thiol groups is 1. The highest BCUT2D eigenvalue weighted by Gasteiger charge is 2.45. The summed E-state index contributed by atoms with van der Waals surface area (Å²) in [5.74, 6) is -0.719. The molecule has 4 heterocycles. The summed E-state index contributed by atoms with van der Waals surface area (Å²) >= 11 is 0. The summed E-state index contributed by atoms with van der Waals surface area (Å²) in [6.07, 6.45) is 4.99. The van der Waals surface area contributed by atoms with Crippen molar-refractivity contribution in [3.05, 3.63) is 62.3 Å². The fraction of sp³-hybridized carbons (Fsp3) is 0.292. The Morgan fingerprint density at radius 3 is 2.73 bits per heavy atom. The SMILES string of the molecule is CC[C@@]1(O)C(=O)OCc2c1cc1n(c2=O)Cc2cc3c(/C=C/[SH](C)(C)=O)c(O)ccc3nc2-1. The van der Waals surface area contributed by atoms with Gasteiger partial charge in [-0.05, 0) is 54.7 Å². The highest BCUT2D eigenvalue weighted by molar-refractivity contribution is 8.04. The number of cyclic esters (lactones) is 1. The third kappa shape index (κ3) is 3.22. The predicted octanol–water partition coefficient (Wildman–Crippen LogP) is 2.03. The molecular weight excluding hydrogens is 444 g/mol. The molecule has 8 nitrogen and oxygen atoms in total. The van der Waals surface area contributed by atoms with Crippen molar-refractivity contribution >= 4 is 32.9 Å². The van der Waals surface area contributed by atoms with E-state index in [1.54, 1.807) is 47.6 Å². The normalized spacial score (nSPS) is 19.9. The van der Waals surface area contributed by atoms with Crippen LogP contribution >= 0.6 is 0 Å². The van der Waals surface area contributed by atoms with Gasteiger partial charge in [-0.15, -0.1) is 0 Å². The maximum absolute atomic E-state index is 13.3. The van der Waals surface area contributed by atoms with Gasteiger partial charge in [-0.1, -0.05) is 16.9 Å². The molecule has 0 bridgehead atoms. The highest BCUT2D eigenvalue weighted by atomic mass is 32.2. The summed E-state index contributed by atoms with van der Waals surface area (Å²) in [7, 11) is -2.45. The standard InChI is InChI=1S/C24H24N2O6S/c1-4-24(30)17-10-19-21-13(11-26(19)22(28)16(17)12-32-23(24)29)9-15-14(7-8-33(2,3)31)20(27)6-5-18(15)25-21/h5-10,27,30,33H,4,11-12H2,1-3H3/b8-7+/t24-/m0/s1. The molecule has 0 radical (unpaired) electrons. The fourth-order valence-corrected chi connectivity index (χ4v) is 5.00. The van der Waals surface area contributed by atoms with Gasteiger partial charge in [0.25, 0.3) is 5.56 Å². The number of nitrogens with zero attached hydrogens (tertiary/aromatic N) is 2. The minimum absolute atomic E-state index is 0.0424. The number of pyridine rings is 2. The number of phenolic OH excluding ortho intramolecular Hbond substituents is 1. The summed E-state index contributed by atoms with van der Waals surface area (Å²) in [5.41, 5.74) is 1.30.